The molecule has 0 fully saturated rings. The maximum absolute atomic E-state index is 12.7. The van der Waals surface area contributed by atoms with Crippen molar-refractivity contribution in [1.82, 2.24) is 0 Å². The molecule has 2 aromatic rings. The van der Waals surface area contributed by atoms with Crippen molar-refractivity contribution in [2.24, 2.45) is 0 Å². The van der Waals surface area contributed by atoms with Crippen LogP contribution in [0.15, 0.2) is 52.4 Å². The molecule has 1 aromatic carbocycles. The quantitative estimate of drug-likeness (QED) is 0.422. The van der Waals surface area contributed by atoms with Gasteiger partial charge in [0.2, 0.25) is 0 Å². The zero-order valence-electron chi connectivity index (χ0n) is 14.2. The van der Waals surface area contributed by atoms with E-state index >= 15 is 0 Å². The molecule has 2 rings (SSSR count). The first-order valence-corrected chi connectivity index (χ1v) is 10.0. The van der Waals surface area contributed by atoms with Crippen molar-refractivity contribution in [3.05, 3.63) is 53.4 Å². The van der Waals surface area contributed by atoms with Crippen LogP contribution in [0.5, 0.6) is 0 Å². The van der Waals surface area contributed by atoms with Gasteiger partial charge in [-0.25, -0.2) is 17.9 Å². The summed E-state index contributed by atoms with van der Waals surface area (Å²) in [6.45, 7) is 1.43. The topological polar surface area (TPSA) is 81.4 Å². The van der Waals surface area contributed by atoms with Crippen molar-refractivity contribution in [3.8, 4) is 0 Å². The fraction of sp³-hybridized carbons (Fsp3) is 0.250. The zero-order valence-corrected chi connectivity index (χ0v) is 15.9. The minimum Gasteiger partial charge on any atom is -0.711 e. The maximum atomic E-state index is 12.7. The largest absolute Gasteiger partial charge is 0.711 e. The van der Waals surface area contributed by atoms with E-state index in [1.807, 2.05) is 0 Å². The van der Waals surface area contributed by atoms with Crippen LogP contribution in [-0.4, -0.2) is 32.6 Å². The number of carbonyl (C=O) groups excluding carboxylic acids is 1. The smallest absolute Gasteiger partial charge is 0.446 e. The van der Waals surface area contributed by atoms with Crippen LogP contribution >= 0.6 is 11.8 Å². The molecule has 1 aromatic heterocycles. The van der Waals surface area contributed by atoms with E-state index in [1.165, 1.54) is 38.2 Å². The average molecular weight is 420 g/mol. The zero-order chi connectivity index (χ0) is 20.4. The van der Waals surface area contributed by atoms with E-state index in [0.29, 0.717) is 6.20 Å². The Morgan fingerprint density at radius 2 is 1.85 bits per heavy atom. The summed E-state index contributed by atoms with van der Waals surface area (Å²) in [5, 5.41) is 12.1. The van der Waals surface area contributed by atoms with Crippen LogP contribution in [0.25, 0.3) is 0 Å². The molecule has 0 aliphatic carbocycles. The summed E-state index contributed by atoms with van der Waals surface area (Å²) in [7, 11) is -2.45. The number of alkyl halides is 3. The number of amides is 1. The lowest BCUT2D eigenvalue weighted by molar-refractivity contribution is -0.593. The van der Waals surface area contributed by atoms with Crippen molar-refractivity contribution in [1.29, 1.82) is 0 Å². The molecule has 0 saturated heterocycles. The first kappa shape index (κ1) is 21.0. The summed E-state index contributed by atoms with van der Waals surface area (Å²) in [5.41, 5.74) is -4.68. The van der Waals surface area contributed by atoms with Crippen molar-refractivity contribution < 1.29 is 31.1 Å². The fourth-order valence-electron chi connectivity index (χ4n) is 2.26. The number of pyridine rings is 1. The summed E-state index contributed by atoms with van der Waals surface area (Å²) in [6.07, 6.45) is 0.700. The second-order valence-corrected chi connectivity index (χ2v) is 8.75. The van der Waals surface area contributed by atoms with Crippen molar-refractivity contribution >= 4 is 33.3 Å². The normalized spacial score (nSPS) is 12.0. The van der Waals surface area contributed by atoms with Crippen LogP contribution in [0.2, 0.25) is 0 Å². The van der Waals surface area contributed by atoms with Crippen molar-refractivity contribution in [2.75, 3.05) is 17.7 Å². The molecule has 1 amide bonds. The Kier molecular flexibility index (Phi) is 6.05. The highest BCUT2D eigenvalue weighted by Gasteiger charge is 2.31. The fourth-order valence-corrected chi connectivity index (χ4v) is 3.90. The maximum Gasteiger partial charge on any atom is 0.446 e. The number of benzene rings is 1. The van der Waals surface area contributed by atoms with E-state index in [2.05, 4.69) is 0 Å². The van der Waals surface area contributed by atoms with E-state index in [9.17, 15) is 31.6 Å². The molecule has 0 bridgehead atoms. The third kappa shape index (κ3) is 4.92. The Bertz CT molecular complexity index is 962. The monoisotopic (exact) mass is 420 g/mol. The molecule has 0 radical (unpaired) electrons. The lowest BCUT2D eigenvalue weighted by Crippen LogP contribution is -2.39. The molecule has 6 nitrogen and oxygen atoms in total. The Hall–Kier alpha value is -2.27. The lowest BCUT2D eigenvalue weighted by atomic mass is 10.2. The Morgan fingerprint density at radius 3 is 2.41 bits per heavy atom. The first-order chi connectivity index (χ1) is 12.5. The van der Waals surface area contributed by atoms with E-state index < -0.39 is 33.0 Å². The van der Waals surface area contributed by atoms with Crippen molar-refractivity contribution in [3.63, 3.8) is 0 Å². The molecule has 0 spiro atoms. The van der Waals surface area contributed by atoms with Crippen molar-refractivity contribution in [2.45, 2.75) is 22.2 Å². The number of sulfone groups is 1. The van der Waals surface area contributed by atoms with Gasteiger partial charge in [0.25, 0.3) is 5.82 Å². The predicted octanol–water partition coefficient (Wildman–Crippen LogP) is 3.00. The number of hydrogen-bond acceptors (Lipinski definition) is 5. The molecule has 0 N–H and O–H groups in total. The number of rotatable bonds is 5. The summed E-state index contributed by atoms with van der Waals surface area (Å²) in [5.74, 6) is -1.23. The summed E-state index contributed by atoms with van der Waals surface area (Å²) < 4.78 is 61.7. The molecule has 0 saturated carbocycles. The molecule has 0 aliphatic rings. The first-order valence-electron chi connectivity index (χ1n) is 7.55. The van der Waals surface area contributed by atoms with Gasteiger partial charge in [0.15, 0.2) is 9.84 Å². The molecule has 0 atom stereocenters. The van der Waals surface area contributed by atoms with Gasteiger partial charge in [0.1, 0.15) is 6.20 Å². The van der Waals surface area contributed by atoms with Gasteiger partial charge in [-0.1, -0.05) is 19.1 Å². The summed E-state index contributed by atoms with van der Waals surface area (Å²) >= 11 is -0.455. The van der Waals surface area contributed by atoms with Gasteiger partial charge in [-0.3, -0.25) is 0 Å². The minimum absolute atomic E-state index is 0.128. The van der Waals surface area contributed by atoms with Crippen LogP contribution in [0.3, 0.4) is 0 Å². The second kappa shape index (κ2) is 7.77. The molecule has 146 valence electrons. The van der Waals surface area contributed by atoms with Crippen LogP contribution in [0.4, 0.5) is 19.0 Å². The predicted molar refractivity (Wildman–Crippen MR) is 94.2 cm³/mol. The molecular formula is C16H15F3N2O4S2. The highest BCUT2D eigenvalue weighted by Crippen LogP contribution is 2.36. The van der Waals surface area contributed by atoms with Gasteiger partial charge in [-0.15, -0.1) is 0 Å². The molecule has 27 heavy (non-hydrogen) atoms. The van der Waals surface area contributed by atoms with E-state index in [0.717, 1.165) is 17.0 Å². The number of carbonyl (C=O) groups is 1. The lowest BCUT2D eigenvalue weighted by Gasteiger charge is -2.17. The van der Waals surface area contributed by atoms with Gasteiger partial charge in [-0.2, -0.15) is 18.1 Å². The number of anilines is 1. The number of thioether (sulfide) groups is 1. The number of aromatic nitrogens is 1. The molecule has 1 heterocycles. The van der Waals surface area contributed by atoms with Crippen LogP contribution in [-0.2, 0) is 9.84 Å². The third-order valence-electron chi connectivity index (χ3n) is 3.58. The Balaban J connectivity index is 2.40. The van der Waals surface area contributed by atoms with Gasteiger partial charge in [-0.05, 0) is 30.0 Å². The molecule has 0 aliphatic heterocycles. The van der Waals surface area contributed by atoms with Crippen LogP contribution in [0.1, 0.15) is 17.3 Å². The van der Waals surface area contributed by atoms with E-state index in [-0.39, 0.29) is 31.7 Å². The highest BCUT2D eigenvalue weighted by molar-refractivity contribution is 8.00. The van der Waals surface area contributed by atoms with Gasteiger partial charge in [0.05, 0.1) is 28.2 Å². The van der Waals surface area contributed by atoms with Crippen LogP contribution < -0.4 is 9.63 Å². The number of halogens is 3. The molecular weight excluding hydrogens is 405 g/mol. The van der Waals surface area contributed by atoms with Gasteiger partial charge in [0, 0.05) is 6.07 Å². The van der Waals surface area contributed by atoms with Gasteiger partial charge >= 0.3 is 11.4 Å². The third-order valence-corrected chi connectivity index (χ3v) is 6.08. The number of hydrogen-bond donors (Lipinski definition) is 0. The Labute approximate surface area is 158 Å². The molecule has 0 unspecified atom stereocenters. The summed E-state index contributed by atoms with van der Waals surface area (Å²) in [6, 6.07) is 7.66. The minimum atomic E-state index is -4.55. The van der Waals surface area contributed by atoms with Gasteiger partial charge < -0.3 is 5.21 Å². The van der Waals surface area contributed by atoms with Crippen LogP contribution in [0, 0.1) is 5.21 Å². The second-order valence-electron chi connectivity index (χ2n) is 5.36. The average Bonchev–Trinajstić information content (AvgIpc) is 2.59. The SMILES string of the molecule is CCS(=O)(=O)c1ccccc1C(=O)N(C)c1ccc(SC(F)(F)F)c[n+]1[O-]. The van der Waals surface area contributed by atoms with E-state index in [1.54, 1.807) is 0 Å². The van der Waals surface area contributed by atoms with E-state index in [4.69, 9.17) is 0 Å². The summed E-state index contributed by atoms with van der Waals surface area (Å²) in [4.78, 5) is 13.1. The molecule has 11 heteroatoms. The standard InChI is InChI=1S/C16H15F3N2O4S2/c1-3-27(24,25)13-7-5-4-6-12(13)15(22)20(2)14-9-8-11(10-21(14)23)26-16(17,18)19/h4-10H,3H2,1-2H3. The Morgan fingerprint density at radius 1 is 1.22 bits per heavy atom. The highest BCUT2D eigenvalue weighted by atomic mass is 32.2. The number of nitrogens with zero attached hydrogens (tertiary/aromatic N) is 2.